The third kappa shape index (κ3) is 3.55. The molecule has 4 heteroatoms. The maximum Gasteiger partial charge on any atom is 0.106 e. The van der Waals surface area contributed by atoms with Gasteiger partial charge in [0.2, 0.25) is 0 Å². The van der Waals surface area contributed by atoms with E-state index in [1.165, 1.54) is 0 Å². The molecule has 0 saturated carbocycles. The molecule has 1 unspecified atom stereocenters. The van der Waals surface area contributed by atoms with Crippen molar-refractivity contribution in [1.82, 2.24) is 9.55 Å². The highest BCUT2D eigenvalue weighted by molar-refractivity contribution is 6.30. The van der Waals surface area contributed by atoms with E-state index in [4.69, 9.17) is 11.6 Å². The average Bonchev–Trinajstić information content (AvgIpc) is 2.93. The summed E-state index contributed by atoms with van der Waals surface area (Å²) < 4.78 is 1.87. The van der Waals surface area contributed by atoms with Crippen molar-refractivity contribution in [3.63, 3.8) is 0 Å². The maximum atomic E-state index is 11.0. The Hall–Kier alpha value is -1.58. The fourth-order valence-electron chi connectivity index (χ4n) is 2.48. The SMILES string of the molecule is C=CC(O)(Cn1ccnc1)C(C)(C)Cc1ccc(Cl)cc1. The van der Waals surface area contributed by atoms with Gasteiger partial charge in [-0.25, -0.2) is 4.98 Å². The lowest BCUT2D eigenvalue weighted by molar-refractivity contribution is -0.0377. The molecule has 3 nitrogen and oxygen atoms in total. The minimum atomic E-state index is -1.03. The van der Waals surface area contributed by atoms with Gasteiger partial charge < -0.3 is 9.67 Å². The van der Waals surface area contributed by atoms with E-state index < -0.39 is 5.60 Å². The molecule has 0 fully saturated rings. The van der Waals surface area contributed by atoms with Crippen molar-refractivity contribution in [3.05, 3.63) is 66.2 Å². The lowest BCUT2D eigenvalue weighted by atomic mass is 9.70. The van der Waals surface area contributed by atoms with Crippen molar-refractivity contribution in [2.45, 2.75) is 32.4 Å². The number of imidazole rings is 1. The third-order valence-electron chi connectivity index (χ3n) is 4.05. The fraction of sp³-hybridized carbons (Fsp3) is 0.353. The zero-order chi connectivity index (χ0) is 15.5. The Bertz CT molecular complexity index is 590. The van der Waals surface area contributed by atoms with Gasteiger partial charge in [0.15, 0.2) is 0 Å². The first-order valence-corrected chi connectivity index (χ1v) is 7.30. The summed E-state index contributed by atoms with van der Waals surface area (Å²) in [6.07, 6.45) is 7.60. The van der Waals surface area contributed by atoms with Gasteiger partial charge in [-0.2, -0.15) is 0 Å². The number of hydrogen-bond donors (Lipinski definition) is 1. The predicted octanol–water partition coefficient (Wildman–Crippen LogP) is 3.72. The van der Waals surface area contributed by atoms with Crippen LogP contribution in [0.15, 0.2) is 55.6 Å². The van der Waals surface area contributed by atoms with Gasteiger partial charge in [-0.3, -0.25) is 0 Å². The third-order valence-corrected chi connectivity index (χ3v) is 4.30. The van der Waals surface area contributed by atoms with Crippen LogP contribution in [0.4, 0.5) is 0 Å². The quantitative estimate of drug-likeness (QED) is 0.826. The van der Waals surface area contributed by atoms with Crippen LogP contribution in [0.3, 0.4) is 0 Å². The van der Waals surface area contributed by atoms with Crippen molar-refractivity contribution < 1.29 is 5.11 Å². The Morgan fingerprint density at radius 2 is 2.00 bits per heavy atom. The minimum absolute atomic E-state index is 0.382. The Morgan fingerprint density at radius 1 is 1.33 bits per heavy atom. The monoisotopic (exact) mass is 304 g/mol. The van der Waals surface area contributed by atoms with Crippen LogP contribution in [-0.4, -0.2) is 20.3 Å². The molecule has 0 amide bonds. The molecule has 1 N–H and O–H groups in total. The molecule has 1 heterocycles. The number of nitrogens with zero attached hydrogens (tertiary/aromatic N) is 2. The van der Waals surface area contributed by atoms with E-state index in [1.807, 2.05) is 48.9 Å². The highest BCUT2D eigenvalue weighted by Crippen LogP contribution is 2.37. The van der Waals surface area contributed by atoms with Crippen LogP contribution in [0, 0.1) is 5.41 Å². The van der Waals surface area contributed by atoms with E-state index in [0.717, 1.165) is 12.0 Å². The molecular formula is C17H21ClN2O. The van der Waals surface area contributed by atoms with E-state index >= 15 is 0 Å². The number of halogens is 1. The van der Waals surface area contributed by atoms with Crippen LogP contribution in [0.25, 0.3) is 0 Å². The van der Waals surface area contributed by atoms with Gasteiger partial charge in [-0.15, -0.1) is 6.58 Å². The second kappa shape index (κ2) is 6.04. The molecule has 0 aliphatic rings. The molecule has 0 saturated heterocycles. The van der Waals surface area contributed by atoms with E-state index in [0.29, 0.717) is 11.6 Å². The zero-order valence-electron chi connectivity index (χ0n) is 12.5. The maximum absolute atomic E-state index is 11.0. The first kappa shape index (κ1) is 15.8. The molecular weight excluding hydrogens is 284 g/mol. The first-order chi connectivity index (χ1) is 9.86. The van der Waals surface area contributed by atoms with Crippen LogP contribution in [0.5, 0.6) is 0 Å². The first-order valence-electron chi connectivity index (χ1n) is 6.92. The molecule has 112 valence electrons. The molecule has 0 spiro atoms. The summed E-state index contributed by atoms with van der Waals surface area (Å²) in [7, 11) is 0. The van der Waals surface area contributed by atoms with E-state index in [2.05, 4.69) is 11.6 Å². The number of benzene rings is 1. The van der Waals surface area contributed by atoms with Crippen molar-refractivity contribution >= 4 is 11.6 Å². The van der Waals surface area contributed by atoms with Gasteiger partial charge >= 0.3 is 0 Å². The Balaban J connectivity index is 2.21. The van der Waals surface area contributed by atoms with Crippen LogP contribution >= 0.6 is 11.6 Å². The second-order valence-corrected chi connectivity index (χ2v) is 6.49. The molecule has 2 rings (SSSR count). The summed E-state index contributed by atoms with van der Waals surface area (Å²) in [5, 5.41) is 11.8. The van der Waals surface area contributed by atoms with Crippen LogP contribution in [0.2, 0.25) is 5.02 Å². The summed E-state index contributed by atoms with van der Waals surface area (Å²) in [5.74, 6) is 0. The van der Waals surface area contributed by atoms with E-state index in [1.54, 1.807) is 18.6 Å². The summed E-state index contributed by atoms with van der Waals surface area (Å²) in [6.45, 7) is 8.34. The van der Waals surface area contributed by atoms with E-state index in [9.17, 15) is 5.11 Å². The van der Waals surface area contributed by atoms with Crippen LogP contribution < -0.4 is 0 Å². The van der Waals surface area contributed by atoms with Gasteiger partial charge in [0.1, 0.15) is 5.60 Å². The van der Waals surface area contributed by atoms with Gasteiger partial charge in [-0.1, -0.05) is 43.7 Å². The van der Waals surface area contributed by atoms with Gasteiger partial charge in [0, 0.05) is 22.8 Å². The lowest BCUT2D eigenvalue weighted by Gasteiger charge is -2.41. The zero-order valence-corrected chi connectivity index (χ0v) is 13.2. The number of aliphatic hydroxyl groups is 1. The molecule has 1 aromatic heterocycles. The van der Waals surface area contributed by atoms with Gasteiger partial charge in [0.25, 0.3) is 0 Å². The highest BCUT2D eigenvalue weighted by Gasteiger charge is 2.41. The highest BCUT2D eigenvalue weighted by atomic mass is 35.5. The molecule has 0 bridgehead atoms. The Morgan fingerprint density at radius 3 is 2.52 bits per heavy atom. The number of hydrogen-bond acceptors (Lipinski definition) is 2. The minimum Gasteiger partial charge on any atom is -0.383 e. The standard InChI is InChI=1S/C17H21ClN2O/c1-4-17(21,12-20-10-9-19-13-20)16(2,3)11-14-5-7-15(18)8-6-14/h4-10,13,21H,1,11-12H2,2-3H3. The second-order valence-electron chi connectivity index (χ2n) is 6.05. The van der Waals surface area contributed by atoms with Crippen molar-refractivity contribution in [2.75, 3.05) is 0 Å². The van der Waals surface area contributed by atoms with E-state index in [-0.39, 0.29) is 5.41 Å². The number of rotatable bonds is 6. The van der Waals surface area contributed by atoms with Gasteiger partial charge in [0.05, 0.1) is 12.9 Å². The van der Waals surface area contributed by atoms with Crippen molar-refractivity contribution in [3.8, 4) is 0 Å². The smallest absolute Gasteiger partial charge is 0.106 e. The van der Waals surface area contributed by atoms with Crippen LogP contribution in [0.1, 0.15) is 19.4 Å². The summed E-state index contributed by atoms with van der Waals surface area (Å²) in [6, 6.07) is 7.72. The summed E-state index contributed by atoms with van der Waals surface area (Å²) >= 11 is 5.92. The molecule has 0 aliphatic heterocycles. The molecule has 1 aromatic carbocycles. The summed E-state index contributed by atoms with van der Waals surface area (Å²) in [5.41, 5.74) is -0.282. The number of aromatic nitrogens is 2. The fourth-order valence-corrected chi connectivity index (χ4v) is 2.61. The lowest BCUT2D eigenvalue weighted by Crippen LogP contribution is -2.47. The molecule has 0 aliphatic carbocycles. The topological polar surface area (TPSA) is 38.0 Å². The summed E-state index contributed by atoms with van der Waals surface area (Å²) in [4.78, 5) is 4.02. The molecule has 1 atom stereocenters. The largest absolute Gasteiger partial charge is 0.383 e. The Labute approximate surface area is 130 Å². The predicted molar refractivity (Wildman–Crippen MR) is 86.3 cm³/mol. The molecule has 2 aromatic rings. The normalized spacial score (nSPS) is 14.7. The van der Waals surface area contributed by atoms with Crippen molar-refractivity contribution in [1.29, 1.82) is 0 Å². The average molecular weight is 305 g/mol. The molecule has 0 radical (unpaired) electrons. The molecule has 21 heavy (non-hydrogen) atoms. The van der Waals surface area contributed by atoms with Crippen LogP contribution in [-0.2, 0) is 13.0 Å². The van der Waals surface area contributed by atoms with Gasteiger partial charge in [-0.05, 0) is 24.1 Å². The van der Waals surface area contributed by atoms with Crippen molar-refractivity contribution in [2.24, 2.45) is 5.41 Å². The Kier molecular flexibility index (Phi) is 4.55.